The van der Waals surface area contributed by atoms with Crippen LogP contribution >= 0.6 is 0 Å². The van der Waals surface area contributed by atoms with Gasteiger partial charge in [0.1, 0.15) is 17.7 Å². The lowest BCUT2D eigenvalue weighted by atomic mass is 10.0. The minimum atomic E-state index is -1.02. The van der Waals surface area contributed by atoms with Gasteiger partial charge in [-0.05, 0) is 35.7 Å². The molecule has 0 N–H and O–H groups in total. The SMILES string of the molecule is CCOc1ccc(C=Cc2ccc(C[C@H](F)c3ccccc3)cc2)c(F)c1. The first-order valence-corrected chi connectivity index (χ1v) is 9.04. The molecule has 0 fully saturated rings. The van der Waals surface area contributed by atoms with Crippen LogP contribution in [0.4, 0.5) is 8.78 Å². The maximum Gasteiger partial charge on any atom is 0.134 e. The molecular weight excluding hydrogens is 342 g/mol. The van der Waals surface area contributed by atoms with Crippen molar-refractivity contribution in [3.63, 3.8) is 0 Å². The van der Waals surface area contributed by atoms with Gasteiger partial charge in [0.25, 0.3) is 0 Å². The number of alkyl halides is 1. The lowest BCUT2D eigenvalue weighted by molar-refractivity contribution is 0.338. The molecular formula is C24H22F2O. The Kier molecular flexibility index (Phi) is 6.37. The van der Waals surface area contributed by atoms with E-state index >= 15 is 0 Å². The molecule has 1 atom stereocenters. The number of hydrogen-bond acceptors (Lipinski definition) is 1. The summed E-state index contributed by atoms with van der Waals surface area (Å²) in [6, 6.07) is 21.6. The Morgan fingerprint density at radius 2 is 1.67 bits per heavy atom. The maximum atomic E-state index is 14.4. The van der Waals surface area contributed by atoms with E-state index in [2.05, 4.69) is 0 Å². The summed E-state index contributed by atoms with van der Waals surface area (Å²) in [6.45, 7) is 2.37. The van der Waals surface area contributed by atoms with Gasteiger partial charge < -0.3 is 4.74 Å². The molecule has 0 aliphatic carbocycles. The monoisotopic (exact) mass is 364 g/mol. The number of rotatable bonds is 7. The molecule has 0 bridgehead atoms. The van der Waals surface area contributed by atoms with Crippen molar-refractivity contribution in [2.75, 3.05) is 6.61 Å². The third kappa shape index (κ3) is 5.27. The van der Waals surface area contributed by atoms with Crippen molar-refractivity contribution in [2.45, 2.75) is 19.5 Å². The lowest BCUT2D eigenvalue weighted by Crippen LogP contribution is -1.96. The number of hydrogen-bond donors (Lipinski definition) is 0. The zero-order valence-corrected chi connectivity index (χ0v) is 15.2. The van der Waals surface area contributed by atoms with Crippen LogP contribution in [-0.2, 0) is 6.42 Å². The molecule has 3 heteroatoms. The van der Waals surface area contributed by atoms with Crippen LogP contribution in [0.1, 0.15) is 35.3 Å². The summed E-state index contributed by atoms with van der Waals surface area (Å²) in [4.78, 5) is 0. The van der Waals surface area contributed by atoms with Gasteiger partial charge in [-0.1, -0.05) is 66.7 Å². The van der Waals surface area contributed by atoms with E-state index < -0.39 is 6.17 Å². The molecule has 0 spiro atoms. The van der Waals surface area contributed by atoms with Crippen LogP contribution in [0.15, 0.2) is 72.8 Å². The van der Waals surface area contributed by atoms with Gasteiger partial charge in [0, 0.05) is 18.1 Å². The first-order chi connectivity index (χ1) is 13.2. The Morgan fingerprint density at radius 3 is 2.33 bits per heavy atom. The van der Waals surface area contributed by atoms with E-state index in [4.69, 9.17) is 4.74 Å². The highest BCUT2D eigenvalue weighted by Gasteiger charge is 2.10. The van der Waals surface area contributed by atoms with Crippen LogP contribution in [0, 0.1) is 5.82 Å². The van der Waals surface area contributed by atoms with Crippen LogP contribution < -0.4 is 4.74 Å². The molecule has 0 amide bonds. The third-order valence-electron chi connectivity index (χ3n) is 4.29. The van der Waals surface area contributed by atoms with Gasteiger partial charge in [0.15, 0.2) is 0 Å². The summed E-state index contributed by atoms with van der Waals surface area (Å²) in [6.07, 6.45) is 2.88. The van der Waals surface area contributed by atoms with Crippen molar-refractivity contribution >= 4 is 12.2 Å². The molecule has 0 heterocycles. The van der Waals surface area contributed by atoms with Gasteiger partial charge in [0.05, 0.1) is 6.61 Å². The normalized spacial score (nSPS) is 12.3. The van der Waals surface area contributed by atoms with E-state index in [1.165, 1.54) is 6.07 Å². The fourth-order valence-corrected chi connectivity index (χ4v) is 2.84. The Morgan fingerprint density at radius 1 is 0.926 bits per heavy atom. The molecule has 0 aliphatic heterocycles. The quantitative estimate of drug-likeness (QED) is 0.427. The number of ether oxygens (including phenoxy) is 1. The highest BCUT2D eigenvalue weighted by atomic mass is 19.1. The molecule has 3 rings (SSSR count). The Hall–Kier alpha value is -2.94. The predicted molar refractivity (Wildman–Crippen MR) is 107 cm³/mol. The van der Waals surface area contributed by atoms with Crippen LogP contribution in [0.25, 0.3) is 12.2 Å². The van der Waals surface area contributed by atoms with Crippen molar-refractivity contribution in [2.24, 2.45) is 0 Å². The van der Waals surface area contributed by atoms with E-state index in [9.17, 15) is 8.78 Å². The van der Waals surface area contributed by atoms with E-state index in [-0.39, 0.29) is 5.82 Å². The molecule has 0 saturated carbocycles. The van der Waals surface area contributed by atoms with Gasteiger partial charge in [-0.25, -0.2) is 8.78 Å². The zero-order chi connectivity index (χ0) is 19.1. The fourth-order valence-electron chi connectivity index (χ4n) is 2.84. The lowest BCUT2D eigenvalue weighted by Gasteiger charge is -2.09. The van der Waals surface area contributed by atoms with Crippen molar-refractivity contribution in [3.05, 3.63) is 101 Å². The van der Waals surface area contributed by atoms with Gasteiger partial charge in [0.2, 0.25) is 0 Å². The highest BCUT2D eigenvalue weighted by Crippen LogP contribution is 2.23. The minimum absolute atomic E-state index is 0.322. The van der Waals surface area contributed by atoms with Crippen molar-refractivity contribution < 1.29 is 13.5 Å². The standard InChI is InChI=1S/C24H22F2O/c1-2-27-22-15-14-21(24(26)17-22)13-12-18-8-10-19(11-9-18)16-23(25)20-6-4-3-5-7-20/h3-15,17,23H,2,16H2,1H3/t23-/m0/s1. The molecule has 0 radical (unpaired) electrons. The summed E-state index contributed by atoms with van der Waals surface area (Å²) in [5, 5.41) is 0. The predicted octanol–water partition coefficient (Wildman–Crippen LogP) is 6.65. The molecule has 0 saturated heterocycles. The molecule has 0 aromatic heterocycles. The second kappa shape index (κ2) is 9.13. The first-order valence-electron chi connectivity index (χ1n) is 9.04. The molecule has 3 aromatic carbocycles. The van der Waals surface area contributed by atoms with Crippen molar-refractivity contribution in [1.82, 2.24) is 0 Å². The highest BCUT2D eigenvalue weighted by molar-refractivity contribution is 5.70. The summed E-state index contributed by atoms with van der Waals surface area (Å²) in [5.74, 6) is 0.202. The average molecular weight is 364 g/mol. The number of halogens is 2. The Balaban J connectivity index is 1.64. The van der Waals surface area contributed by atoms with Crippen LogP contribution in [0.5, 0.6) is 5.75 Å². The van der Waals surface area contributed by atoms with Crippen LogP contribution in [0.2, 0.25) is 0 Å². The Labute approximate surface area is 158 Å². The van der Waals surface area contributed by atoms with Crippen LogP contribution in [0.3, 0.4) is 0 Å². The molecule has 1 nitrogen and oxygen atoms in total. The second-order valence-electron chi connectivity index (χ2n) is 6.27. The third-order valence-corrected chi connectivity index (χ3v) is 4.29. The smallest absolute Gasteiger partial charge is 0.134 e. The topological polar surface area (TPSA) is 9.23 Å². The maximum absolute atomic E-state index is 14.4. The molecule has 3 aromatic rings. The van der Waals surface area contributed by atoms with Gasteiger partial charge >= 0.3 is 0 Å². The summed E-state index contributed by atoms with van der Waals surface area (Å²) in [7, 11) is 0. The molecule has 0 unspecified atom stereocenters. The van der Waals surface area contributed by atoms with Crippen molar-refractivity contribution in [1.29, 1.82) is 0 Å². The first kappa shape index (κ1) is 18.8. The molecule has 138 valence electrons. The second-order valence-corrected chi connectivity index (χ2v) is 6.27. The van der Waals surface area contributed by atoms with Gasteiger partial charge in [-0.3, -0.25) is 0 Å². The Bertz CT molecular complexity index is 886. The van der Waals surface area contributed by atoms with Crippen molar-refractivity contribution in [3.8, 4) is 5.75 Å². The summed E-state index contributed by atoms with van der Waals surface area (Å²) in [5.41, 5.74) is 3.04. The molecule has 0 aliphatic rings. The van der Waals surface area contributed by atoms with E-state index in [0.29, 0.717) is 29.9 Å². The van der Waals surface area contributed by atoms with Gasteiger partial charge in [-0.15, -0.1) is 0 Å². The van der Waals surface area contributed by atoms with Gasteiger partial charge in [-0.2, -0.15) is 0 Å². The van der Waals surface area contributed by atoms with Crippen LogP contribution in [-0.4, -0.2) is 6.61 Å². The molecule has 27 heavy (non-hydrogen) atoms. The van der Waals surface area contributed by atoms with E-state index in [1.807, 2.05) is 55.5 Å². The largest absolute Gasteiger partial charge is 0.494 e. The summed E-state index contributed by atoms with van der Waals surface area (Å²) >= 11 is 0. The fraction of sp³-hybridized carbons (Fsp3) is 0.167. The average Bonchev–Trinajstić information content (AvgIpc) is 2.69. The zero-order valence-electron chi connectivity index (χ0n) is 15.2. The summed E-state index contributed by atoms with van der Waals surface area (Å²) < 4.78 is 33.7. The minimum Gasteiger partial charge on any atom is -0.494 e. The van der Waals surface area contributed by atoms with E-state index in [1.54, 1.807) is 30.3 Å². The van der Waals surface area contributed by atoms with E-state index in [0.717, 1.165) is 11.1 Å². The number of benzene rings is 3.